The van der Waals surface area contributed by atoms with E-state index >= 15 is 0 Å². The monoisotopic (exact) mass is 314 g/mol. The number of carbonyl (C=O) groups excluding carboxylic acids is 1. The highest BCUT2D eigenvalue weighted by Crippen LogP contribution is 2.36. The minimum absolute atomic E-state index is 0.0134. The summed E-state index contributed by atoms with van der Waals surface area (Å²) < 4.78 is 0. The molecule has 0 saturated carbocycles. The number of carbonyl (C=O) groups is 1. The molecule has 22 heavy (non-hydrogen) atoms. The summed E-state index contributed by atoms with van der Waals surface area (Å²) in [6.45, 7) is 4.01. The van der Waals surface area contributed by atoms with Crippen molar-refractivity contribution in [3.63, 3.8) is 0 Å². The molecule has 1 amide bonds. The van der Waals surface area contributed by atoms with Crippen LogP contribution in [0.1, 0.15) is 22.4 Å². The number of pyridine rings is 1. The Morgan fingerprint density at radius 2 is 2.14 bits per heavy atom. The maximum absolute atomic E-state index is 12.3. The highest BCUT2D eigenvalue weighted by molar-refractivity contribution is 8.01. The number of hydrogen-bond donors (Lipinski definition) is 2. The standard InChI is InChI=1S/C17H18N2O2S/c1-10-7-11(2)19-16(20)13(10)9-18-17(21)15-8-12-5-3-4-6-14(12)22-15/h3-7,15H,8-9H2,1-2H3,(H,18,21)(H,19,20)/t15-/m1/s1. The van der Waals surface area contributed by atoms with Gasteiger partial charge in [-0.05, 0) is 43.5 Å². The second-order valence-corrected chi connectivity index (χ2v) is 6.82. The van der Waals surface area contributed by atoms with Crippen LogP contribution in [-0.2, 0) is 17.8 Å². The van der Waals surface area contributed by atoms with Crippen molar-refractivity contribution in [1.29, 1.82) is 0 Å². The zero-order chi connectivity index (χ0) is 15.7. The lowest BCUT2D eigenvalue weighted by Crippen LogP contribution is -2.34. The van der Waals surface area contributed by atoms with Gasteiger partial charge in [-0.3, -0.25) is 9.59 Å². The van der Waals surface area contributed by atoms with Gasteiger partial charge in [-0.1, -0.05) is 18.2 Å². The van der Waals surface area contributed by atoms with E-state index in [0.29, 0.717) is 5.56 Å². The molecule has 1 aromatic heterocycles. The Bertz CT molecular complexity index is 757. The summed E-state index contributed by atoms with van der Waals surface area (Å²) in [4.78, 5) is 28.2. The van der Waals surface area contributed by atoms with Gasteiger partial charge in [0.15, 0.2) is 0 Å². The molecular weight excluding hydrogens is 296 g/mol. The Balaban J connectivity index is 1.66. The van der Waals surface area contributed by atoms with E-state index in [-0.39, 0.29) is 23.3 Å². The molecule has 5 heteroatoms. The van der Waals surface area contributed by atoms with E-state index in [1.54, 1.807) is 11.8 Å². The lowest BCUT2D eigenvalue weighted by Gasteiger charge is -2.11. The van der Waals surface area contributed by atoms with E-state index in [9.17, 15) is 9.59 Å². The molecule has 4 nitrogen and oxygen atoms in total. The summed E-state index contributed by atoms with van der Waals surface area (Å²) >= 11 is 1.59. The summed E-state index contributed by atoms with van der Waals surface area (Å²) in [5.74, 6) is -0.0134. The van der Waals surface area contributed by atoms with Crippen LogP contribution >= 0.6 is 11.8 Å². The number of amides is 1. The fourth-order valence-electron chi connectivity index (χ4n) is 2.72. The first-order chi connectivity index (χ1) is 10.5. The fraction of sp³-hybridized carbons (Fsp3) is 0.294. The van der Waals surface area contributed by atoms with Gasteiger partial charge in [0.25, 0.3) is 5.56 Å². The van der Waals surface area contributed by atoms with Gasteiger partial charge in [0.2, 0.25) is 5.91 Å². The third-order valence-electron chi connectivity index (χ3n) is 3.87. The van der Waals surface area contributed by atoms with E-state index in [4.69, 9.17) is 0 Å². The van der Waals surface area contributed by atoms with Crippen LogP contribution in [0.2, 0.25) is 0 Å². The summed E-state index contributed by atoms with van der Waals surface area (Å²) in [7, 11) is 0. The van der Waals surface area contributed by atoms with Crippen molar-refractivity contribution in [2.45, 2.75) is 37.0 Å². The molecule has 2 heterocycles. The van der Waals surface area contributed by atoms with Gasteiger partial charge in [0.1, 0.15) is 0 Å². The predicted molar refractivity (Wildman–Crippen MR) is 88.2 cm³/mol. The largest absolute Gasteiger partial charge is 0.351 e. The molecule has 0 radical (unpaired) electrons. The summed E-state index contributed by atoms with van der Waals surface area (Å²) in [5, 5.41) is 2.79. The second-order valence-electron chi connectivity index (χ2n) is 5.58. The minimum Gasteiger partial charge on any atom is -0.351 e. The molecule has 0 unspecified atom stereocenters. The number of hydrogen-bond acceptors (Lipinski definition) is 3. The molecule has 0 spiro atoms. The van der Waals surface area contributed by atoms with Gasteiger partial charge in [0.05, 0.1) is 5.25 Å². The Morgan fingerprint density at radius 3 is 2.86 bits per heavy atom. The van der Waals surface area contributed by atoms with Gasteiger partial charge >= 0.3 is 0 Å². The Morgan fingerprint density at radius 1 is 1.36 bits per heavy atom. The molecular formula is C17H18N2O2S. The topological polar surface area (TPSA) is 62.0 Å². The predicted octanol–water partition coefficient (Wildman–Crippen LogP) is 2.32. The lowest BCUT2D eigenvalue weighted by atomic mass is 10.1. The molecule has 0 saturated heterocycles. The second kappa shape index (κ2) is 6.01. The maximum Gasteiger partial charge on any atom is 0.253 e. The first-order valence-corrected chi connectivity index (χ1v) is 8.14. The van der Waals surface area contributed by atoms with E-state index in [2.05, 4.69) is 16.4 Å². The highest BCUT2D eigenvalue weighted by Gasteiger charge is 2.27. The Labute approximate surface area is 133 Å². The van der Waals surface area contributed by atoms with Crippen LogP contribution in [0.3, 0.4) is 0 Å². The third-order valence-corrected chi connectivity index (χ3v) is 5.19. The summed E-state index contributed by atoms with van der Waals surface area (Å²) in [6.07, 6.45) is 0.746. The number of H-pyrrole nitrogens is 1. The highest BCUT2D eigenvalue weighted by atomic mass is 32.2. The normalized spacial score (nSPS) is 16.4. The van der Waals surface area contributed by atoms with Crippen molar-refractivity contribution < 1.29 is 4.79 Å². The van der Waals surface area contributed by atoms with Crippen LogP contribution in [0.25, 0.3) is 0 Å². The van der Waals surface area contributed by atoms with Crippen LogP contribution in [0, 0.1) is 13.8 Å². The maximum atomic E-state index is 12.3. The van der Waals surface area contributed by atoms with Crippen LogP contribution in [0.5, 0.6) is 0 Å². The number of aromatic amines is 1. The first kappa shape index (κ1) is 14.9. The number of thioether (sulfide) groups is 1. The molecule has 0 bridgehead atoms. The average Bonchev–Trinajstić information content (AvgIpc) is 2.89. The van der Waals surface area contributed by atoms with Gasteiger partial charge in [0, 0.05) is 22.7 Å². The molecule has 1 atom stereocenters. The van der Waals surface area contributed by atoms with Crippen LogP contribution in [-0.4, -0.2) is 16.1 Å². The number of nitrogens with one attached hydrogen (secondary N) is 2. The average molecular weight is 314 g/mol. The van der Waals surface area contributed by atoms with E-state index in [1.165, 1.54) is 10.5 Å². The van der Waals surface area contributed by atoms with Crippen LogP contribution in [0.4, 0.5) is 0 Å². The van der Waals surface area contributed by atoms with E-state index in [0.717, 1.165) is 17.7 Å². The van der Waals surface area contributed by atoms with Gasteiger partial charge in [-0.15, -0.1) is 11.8 Å². The smallest absolute Gasteiger partial charge is 0.253 e. The third kappa shape index (κ3) is 2.95. The molecule has 114 valence electrons. The van der Waals surface area contributed by atoms with Crippen molar-refractivity contribution in [3.05, 3.63) is 63.1 Å². The fourth-order valence-corrected chi connectivity index (χ4v) is 3.94. The van der Waals surface area contributed by atoms with Crippen LogP contribution < -0.4 is 10.9 Å². The molecule has 1 aromatic carbocycles. The minimum atomic E-state index is -0.125. The molecule has 3 rings (SSSR count). The van der Waals surface area contributed by atoms with Gasteiger partial charge < -0.3 is 10.3 Å². The number of benzene rings is 1. The number of fused-ring (bicyclic) bond motifs is 1. The van der Waals surface area contributed by atoms with Crippen molar-refractivity contribution in [3.8, 4) is 0 Å². The van der Waals surface area contributed by atoms with Crippen LogP contribution in [0.15, 0.2) is 40.0 Å². The number of rotatable bonds is 3. The molecule has 1 aliphatic heterocycles. The first-order valence-electron chi connectivity index (χ1n) is 7.26. The Hall–Kier alpha value is -2.01. The Kier molecular flexibility index (Phi) is 4.07. The molecule has 2 aromatic rings. The molecule has 1 aliphatic rings. The van der Waals surface area contributed by atoms with Crippen molar-refractivity contribution in [2.75, 3.05) is 0 Å². The van der Waals surface area contributed by atoms with Crippen molar-refractivity contribution in [1.82, 2.24) is 10.3 Å². The van der Waals surface area contributed by atoms with Gasteiger partial charge in [-0.2, -0.15) is 0 Å². The number of aromatic nitrogens is 1. The molecule has 0 fully saturated rings. The number of aryl methyl sites for hydroxylation is 2. The van der Waals surface area contributed by atoms with Crippen molar-refractivity contribution in [2.24, 2.45) is 0 Å². The van der Waals surface area contributed by atoms with Crippen molar-refractivity contribution >= 4 is 17.7 Å². The molecule has 0 aliphatic carbocycles. The van der Waals surface area contributed by atoms with E-state index in [1.807, 2.05) is 38.1 Å². The quantitative estimate of drug-likeness (QED) is 0.914. The zero-order valence-electron chi connectivity index (χ0n) is 12.6. The lowest BCUT2D eigenvalue weighted by molar-refractivity contribution is -0.120. The SMILES string of the molecule is Cc1cc(C)c(CNC(=O)[C@H]2Cc3ccccc3S2)c(=O)[nH]1. The van der Waals surface area contributed by atoms with E-state index < -0.39 is 0 Å². The summed E-state index contributed by atoms with van der Waals surface area (Å²) in [6, 6.07) is 10.0. The summed E-state index contributed by atoms with van der Waals surface area (Å²) in [5.41, 5.74) is 3.46. The van der Waals surface area contributed by atoms with Gasteiger partial charge in [-0.25, -0.2) is 0 Å². The zero-order valence-corrected chi connectivity index (χ0v) is 13.4. The molecule has 2 N–H and O–H groups in total.